The minimum absolute atomic E-state index is 0.161. The van der Waals surface area contributed by atoms with E-state index in [1.807, 2.05) is 17.9 Å². The van der Waals surface area contributed by atoms with Gasteiger partial charge in [0.25, 0.3) is 0 Å². The Hall–Kier alpha value is -0.206. The predicted molar refractivity (Wildman–Crippen MR) is 100 cm³/mol. The van der Waals surface area contributed by atoms with Crippen molar-refractivity contribution in [1.29, 1.82) is 0 Å². The molecule has 0 aliphatic heterocycles. The van der Waals surface area contributed by atoms with Gasteiger partial charge >= 0.3 is 17.1 Å². The lowest BCUT2D eigenvalue weighted by atomic mass is 9.97. The zero-order chi connectivity index (χ0) is 17.4. The van der Waals surface area contributed by atoms with E-state index in [1.165, 1.54) is 0 Å². The Morgan fingerprint density at radius 1 is 0.955 bits per heavy atom. The molecule has 0 saturated heterocycles. The summed E-state index contributed by atoms with van der Waals surface area (Å²) in [5.41, 5.74) is 3.71. The first-order chi connectivity index (χ1) is 10.1. The molecule has 5 heteroatoms. The third kappa shape index (κ3) is 7.37. The Kier molecular flexibility index (Phi) is 9.73. The van der Waals surface area contributed by atoms with E-state index in [0.717, 1.165) is 12.8 Å². The molecule has 0 heterocycles. The highest BCUT2D eigenvalue weighted by Gasteiger charge is 2.42. The van der Waals surface area contributed by atoms with Gasteiger partial charge in [-0.05, 0) is 31.4 Å². The highest BCUT2D eigenvalue weighted by molar-refractivity contribution is 6.84. The van der Waals surface area contributed by atoms with Crippen LogP contribution in [0.5, 0.6) is 0 Å². The Balaban J connectivity index is 5.03. The van der Waals surface area contributed by atoms with Crippen molar-refractivity contribution in [3.63, 3.8) is 0 Å². The molecule has 2 unspecified atom stereocenters. The topological polar surface area (TPSA) is 27.7 Å². The fourth-order valence-corrected chi connectivity index (χ4v) is 8.54. The van der Waals surface area contributed by atoms with Crippen molar-refractivity contribution in [1.82, 2.24) is 0 Å². The number of hydrogen-bond acceptors (Lipinski definition) is 3. The van der Waals surface area contributed by atoms with Crippen LogP contribution in [0, 0.1) is 11.8 Å². The summed E-state index contributed by atoms with van der Waals surface area (Å²) in [6.07, 6.45) is 2.30. The second-order valence-electron chi connectivity index (χ2n) is 6.81. The van der Waals surface area contributed by atoms with Crippen LogP contribution in [-0.4, -0.2) is 29.8 Å². The molecule has 0 aliphatic rings. The molecule has 0 aliphatic carbocycles. The summed E-state index contributed by atoms with van der Waals surface area (Å²) in [6.45, 7) is 23.6. The standard InChI is InChI=1S/C17H36O3Si2/c1-10-13-14-18-21(8,11-2)20-22(9,12-3)19-17(15(4)5)16(6)7/h11-12,15-17H,2-3,10,13-14H2,1,4-9H3. The van der Waals surface area contributed by atoms with Gasteiger partial charge in [0.1, 0.15) is 0 Å². The summed E-state index contributed by atoms with van der Waals surface area (Å²) in [5, 5.41) is 0. The molecule has 0 aromatic heterocycles. The first-order valence-electron chi connectivity index (χ1n) is 8.42. The van der Waals surface area contributed by atoms with Crippen molar-refractivity contribution in [2.24, 2.45) is 11.8 Å². The lowest BCUT2D eigenvalue weighted by Gasteiger charge is -2.38. The van der Waals surface area contributed by atoms with Crippen LogP contribution in [0.1, 0.15) is 47.5 Å². The molecular formula is C17H36O3Si2. The largest absolute Gasteiger partial charge is 0.409 e. The van der Waals surface area contributed by atoms with Gasteiger partial charge in [-0.2, -0.15) is 0 Å². The van der Waals surface area contributed by atoms with Crippen LogP contribution < -0.4 is 0 Å². The third-order valence-electron chi connectivity index (χ3n) is 3.72. The molecule has 0 fully saturated rings. The van der Waals surface area contributed by atoms with Gasteiger partial charge in [0.15, 0.2) is 0 Å². The van der Waals surface area contributed by atoms with Gasteiger partial charge in [0.05, 0.1) is 6.10 Å². The normalized spacial score (nSPS) is 17.5. The second kappa shape index (κ2) is 9.83. The van der Waals surface area contributed by atoms with Crippen LogP contribution >= 0.6 is 0 Å². The molecule has 0 aromatic carbocycles. The van der Waals surface area contributed by atoms with Gasteiger partial charge in [-0.1, -0.05) is 52.4 Å². The van der Waals surface area contributed by atoms with Gasteiger partial charge in [0.2, 0.25) is 0 Å². The van der Waals surface area contributed by atoms with Crippen molar-refractivity contribution in [3.8, 4) is 0 Å². The Morgan fingerprint density at radius 2 is 1.45 bits per heavy atom. The molecule has 2 atom stereocenters. The first kappa shape index (κ1) is 21.8. The molecule has 0 saturated carbocycles. The molecule has 0 radical (unpaired) electrons. The predicted octanol–water partition coefficient (Wildman–Crippen LogP) is 5.11. The van der Waals surface area contributed by atoms with Crippen molar-refractivity contribution in [3.05, 3.63) is 24.6 Å². The minimum Gasteiger partial charge on any atom is -0.409 e. The SMILES string of the molecule is C=C[Si](C)(OCCCC)O[Si](C)(C=C)OC(C(C)C)C(C)C. The first-order valence-corrected chi connectivity index (χ1v) is 13.2. The Bertz CT molecular complexity index is 339. The van der Waals surface area contributed by atoms with E-state index in [0.29, 0.717) is 18.4 Å². The van der Waals surface area contributed by atoms with E-state index in [2.05, 4.69) is 54.3 Å². The highest BCUT2D eigenvalue weighted by Crippen LogP contribution is 2.26. The van der Waals surface area contributed by atoms with Crippen molar-refractivity contribution < 1.29 is 13.0 Å². The van der Waals surface area contributed by atoms with Gasteiger partial charge in [0, 0.05) is 6.61 Å². The van der Waals surface area contributed by atoms with Crippen molar-refractivity contribution in [2.45, 2.75) is 66.7 Å². The fourth-order valence-electron chi connectivity index (χ4n) is 2.38. The van der Waals surface area contributed by atoms with E-state index in [9.17, 15) is 0 Å². The molecular weight excluding hydrogens is 308 g/mol. The average Bonchev–Trinajstić information content (AvgIpc) is 2.44. The summed E-state index contributed by atoms with van der Waals surface area (Å²) < 4.78 is 18.8. The van der Waals surface area contributed by atoms with Crippen molar-refractivity contribution in [2.75, 3.05) is 6.61 Å². The third-order valence-corrected chi connectivity index (χ3v) is 9.96. The van der Waals surface area contributed by atoms with Crippen LogP contribution in [0.2, 0.25) is 13.1 Å². The van der Waals surface area contributed by atoms with Crippen LogP contribution in [0.15, 0.2) is 24.6 Å². The smallest absolute Gasteiger partial charge is 0.352 e. The van der Waals surface area contributed by atoms with Crippen molar-refractivity contribution >= 4 is 17.1 Å². The molecule has 0 amide bonds. The molecule has 22 heavy (non-hydrogen) atoms. The average molecular weight is 345 g/mol. The van der Waals surface area contributed by atoms with Crippen LogP contribution in [0.25, 0.3) is 0 Å². The maximum absolute atomic E-state index is 6.42. The fraction of sp³-hybridized carbons (Fsp3) is 0.765. The quantitative estimate of drug-likeness (QED) is 0.363. The van der Waals surface area contributed by atoms with Crippen LogP contribution in [-0.2, 0) is 13.0 Å². The summed E-state index contributed by atoms with van der Waals surface area (Å²) >= 11 is 0. The molecule has 0 N–H and O–H groups in total. The lowest BCUT2D eigenvalue weighted by Crippen LogP contribution is -2.53. The monoisotopic (exact) mass is 344 g/mol. The van der Waals surface area contributed by atoms with E-state index >= 15 is 0 Å². The molecule has 0 aromatic rings. The Morgan fingerprint density at radius 3 is 1.82 bits per heavy atom. The van der Waals surface area contributed by atoms with E-state index in [-0.39, 0.29) is 6.10 Å². The zero-order valence-electron chi connectivity index (χ0n) is 15.6. The second-order valence-corrected chi connectivity index (χ2v) is 13.0. The zero-order valence-corrected chi connectivity index (χ0v) is 17.6. The maximum Gasteiger partial charge on any atom is 0.352 e. The summed E-state index contributed by atoms with van der Waals surface area (Å²) in [7, 11) is -4.92. The van der Waals surface area contributed by atoms with Gasteiger partial charge < -0.3 is 13.0 Å². The maximum atomic E-state index is 6.42. The molecule has 0 spiro atoms. The summed E-state index contributed by atoms with van der Waals surface area (Å²) in [6, 6.07) is 0. The highest BCUT2D eigenvalue weighted by atomic mass is 28.5. The Labute approximate surface area is 140 Å². The summed E-state index contributed by atoms with van der Waals surface area (Å²) in [5.74, 6) is 0.876. The van der Waals surface area contributed by atoms with E-state index < -0.39 is 17.1 Å². The minimum atomic E-state index is -2.50. The molecule has 130 valence electrons. The van der Waals surface area contributed by atoms with Gasteiger partial charge in [-0.3, -0.25) is 0 Å². The number of rotatable bonds is 12. The molecule has 3 nitrogen and oxygen atoms in total. The van der Waals surface area contributed by atoms with Gasteiger partial charge in [-0.15, -0.1) is 13.2 Å². The lowest BCUT2D eigenvalue weighted by molar-refractivity contribution is 0.0718. The molecule has 0 rings (SSSR count). The molecule has 0 bridgehead atoms. The van der Waals surface area contributed by atoms with Crippen LogP contribution in [0.4, 0.5) is 0 Å². The summed E-state index contributed by atoms with van der Waals surface area (Å²) in [4.78, 5) is 0. The number of unbranched alkanes of at least 4 members (excludes halogenated alkanes) is 1. The van der Waals surface area contributed by atoms with E-state index in [4.69, 9.17) is 13.0 Å². The number of hydrogen-bond donors (Lipinski definition) is 0. The van der Waals surface area contributed by atoms with Crippen LogP contribution in [0.3, 0.4) is 0 Å². The van der Waals surface area contributed by atoms with Gasteiger partial charge in [-0.25, -0.2) is 0 Å². The van der Waals surface area contributed by atoms with E-state index in [1.54, 1.807) is 0 Å².